The summed E-state index contributed by atoms with van der Waals surface area (Å²) in [6.07, 6.45) is 0.223. The van der Waals surface area contributed by atoms with Gasteiger partial charge in [-0.2, -0.15) is 0 Å². The van der Waals surface area contributed by atoms with Crippen molar-refractivity contribution in [1.29, 1.82) is 0 Å². The third-order valence-corrected chi connectivity index (χ3v) is 2.33. The second kappa shape index (κ2) is 4.68. The van der Waals surface area contributed by atoms with E-state index in [4.69, 9.17) is 11.6 Å². The number of amides is 2. The van der Waals surface area contributed by atoms with Gasteiger partial charge >= 0.3 is 0 Å². The number of nitrogens with zero attached hydrogens (tertiary/aromatic N) is 1. The third-order valence-electron chi connectivity index (χ3n) is 1.43. The fourth-order valence-electron chi connectivity index (χ4n) is 0.876. The van der Waals surface area contributed by atoms with Gasteiger partial charge in [0.15, 0.2) is 0 Å². The Morgan fingerprint density at radius 2 is 2.21 bits per heavy atom. The molecule has 1 aromatic rings. The Bertz CT molecular complexity index is 349. The maximum absolute atomic E-state index is 10.8. The van der Waals surface area contributed by atoms with E-state index >= 15 is 0 Å². The van der Waals surface area contributed by atoms with E-state index in [1.54, 1.807) is 5.38 Å². The standard InChI is InChI=1S/C7H10N4O2S/c8-5(12)2-7-10-4(3-14-7)1-6(13)11-9/h3H,1-2,9H2,(H2,8,12)(H,11,13). The number of rotatable bonds is 4. The first-order valence-corrected chi connectivity index (χ1v) is 4.71. The average Bonchev–Trinajstić information content (AvgIpc) is 2.51. The summed E-state index contributed by atoms with van der Waals surface area (Å²) < 4.78 is 0. The van der Waals surface area contributed by atoms with Gasteiger partial charge in [0.25, 0.3) is 0 Å². The van der Waals surface area contributed by atoms with Crippen LogP contribution in [-0.4, -0.2) is 16.8 Å². The minimum atomic E-state index is -0.436. The molecule has 7 heteroatoms. The quantitative estimate of drug-likeness (QED) is 0.328. The molecule has 0 unspecified atom stereocenters. The molecule has 0 radical (unpaired) electrons. The van der Waals surface area contributed by atoms with Crippen LogP contribution in [0.4, 0.5) is 0 Å². The van der Waals surface area contributed by atoms with Crippen LogP contribution in [0, 0.1) is 0 Å². The van der Waals surface area contributed by atoms with Gasteiger partial charge in [-0.1, -0.05) is 0 Å². The normalized spacial score (nSPS) is 9.79. The summed E-state index contributed by atoms with van der Waals surface area (Å²) in [4.78, 5) is 25.4. The number of nitrogens with two attached hydrogens (primary N) is 2. The Hall–Kier alpha value is -1.47. The van der Waals surface area contributed by atoms with Gasteiger partial charge in [-0.25, -0.2) is 10.8 Å². The molecule has 0 aliphatic heterocycles. The van der Waals surface area contributed by atoms with Crippen molar-refractivity contribution in [1.82, 2.24) is 10.4 Å². The molecule has 0 aliphatic rings. The largest absolute Gasteiger partial charge is 0.369 e. The van der Waals surface area contributed by atoms with Gasteiger partial charge in [0, 0.05) is 5.38 Å². The maximum Gasteiger partial charge on any atom is 0.239 e. The fourth-order valence-corrected chi connectivity index (χ4v) is 1.68. The molecule has 0 fully saturated rings. The third kappa shape index (κ3) is 3.11. The molecule has 0 saturated carbocycles. The Morgan fingerprint density at radius 3 is 2.79 bits per heavy atom. The van der Waals surface area contributed by atoms with Gasteiger partial charge in [0.1, 0.15) is 5.01 Å². The van der Waals surface area contributed by atoms with Crippen LogP contribution in [0.3, 0.4) is 0 Å². The lowest BCUT2D eigenvalue weighted by atomic mass is 10.3. The molecular weight excluding hydrogens is 204 g/mol. The molecule has 0 bridgehead atoms. The molecule has 76 valence electrons. The van der Waals surface area contributed by atoms with Gasteiger partial charge in [-0.3, -0.25) is 15.0 Å². The summed E-state index contributed by atoms with van der Waals surface area (Å²) in [5.74, 6) is 4.15. The predicted octanol–water partition coefficient (Wildman–Crippen LogP) is -1.30. The van der Waals surface area contributed by atoms with Crippen LogP contribution in [-0.2, 0) is 22.4 Å². The molecule has 0 spiro atoms. The van der Waals surface area contributed by atoms with Crippen LogP contribution < -0.4 is 17.0 Å². The van der Waals surface area contributed by atoms with Crippen LogP contribution in [0.2, 0.25) is 0 Å². The van der Waals surface area contributed by atoms with E-state index < -0.39 is 5.91 Å². The lowest BCUT2D eigenvalue weighted by Gasteiger charge is -1.94. The molecule has 0 saturated heterocycles. The number of thiazole rings is 1. The number of primary amides is 1. The smallest absolute Gasteiger partial charge is 0.239 e. The highest BCUT2D eigenvalue weighted by molar-refractivity contribution is 7.09. The molecular formula is C7H10N4O2S. The summed E-state index contributed by atoms with van der Waals surface area (Å²) >= 11 is 1.30. The van der Waals surface area contributed by atoms with Crippen molar-refractivity contribution in [3.63, 3.8) is 0 Å². The van der Waals surface area contributed by atoms with Crippen LogP contribution in [0.5, 0.6) is 0 Å². The maximum atomic E-state index is 10.8. The summed E-state index contributed by atoms with van der Waals surface area (Å²) in [6.45, 7) is 0. The van der Waals surface area contributed by atoms with Crippen molar-refractivity contribution >= 4 is 23.2 Å². The zero-order valence-electron chi connectivity index (χ0n) is 7.32. The Balaban J connectivity index is 2.59. The molecule has 14 heavy (non-hydrogen) atoms. The number of hydrogen-bond acceptors (Lipinski definition) is 5. The Kier molecular flexibility index (Phi) is 3.55. The van der Waals surface area contributed by atoms with Crippen molar-refractivity contribution in [2.75, 3.05) is 0 Å². The number of aromatic nitrogens is 1. The van der Waals surface area contributed by atoms with E-state index in [1.165, 1.54) is 11.3 Å². The zero-order chi connectivity index (χ0) is 10.6. The van der Waals surface area contributed by atoms with E-state index in [1.807, 2.05) is 5.43 Å². The first kappa shape index (κ1) is 10.6. The highest BCUT2D eigenvalue weighted by Crippen LogP contribution is 2.10. The van der Waals surface area contributed by atoms with Gasteiger partial charge in [0.2, 0.25) is 11.8 Å². The van der Waals surface area contributed by atoms with E-state index in [-0.39, 0.29) is 18.7 Å². The molecule has 1 heterocycles. The fraction of sp³-hybridized carbons (Fsp3) is 0.286. The molecule has 1 aromatic heterocycles. The van der Waals surface area contributed by atoms with Gasteiger partial charge < -0.3 is 5.73 Å². The number of hydrazine groups is 1. The second-order valence-corrected chi connectivity index (χ2v) is 3.56. The molecule has 6 nitrogen and oxygen atoms in total. The molecule has 0 atom stereocenters. The monoisotopic (exact) mass is 214 g/mol. The minimum Gasteiger partial charge on any atom is -0.369 e. The van der Waals surface area contributed by atoms with Gasteiger partial charge in [-0.15, -0.1) is 11.3 Å². The first-order valence-electron chi connectivity index (χ1n) is 3.83. The topological polar surface area (TPSA) is 111 Å². The van der Waals surface area contributed by atoms with E-state index in [2.05, 4.69) is 4.98 Å². The van der Waals surface area contributed by atoms with Crippen molar-refractivity contribution in [2.45, 2.75) is 12.8 Å². The van der Waals surface area contributed by atoms with Gasteiger partial charge in [0.05, 0.1) is 18.5 Å². The molecule has 2 amide bonds. The van der Waals surface area contributed by atoms with Crippen LogP contribution in [0.25, 0.3) is 0 Å². The number of carbonyl (C=O) groups excluding carboxylic acids is 2. The van der Waals surface area contributed by atoms with Crippen molar-refractivity contribution in [3.05, 3.63) is 16.1 Å². The molecule has 5 N–H and O–H groups in total. The second-order valence-electron chi connectivity index (χ2n) is 2.62. The van der Waals surface area contributed by atoms with Crippen molar-refractivity contribution in [2.24, 2.45) is 11.6 Å². The summed E-state index contributed by atoms with van der Waals surface area (Å²) in [7, 11) is 0. The highest BCUT2D eigenvalue weighted by atomic mass is 32.1. The minimum absolute atomic E-state index is 0.106. The van der Waals surface area contributed by atoms with Crippen LogP contribution in [0.15, 0.2) is 5.38 Å². The highest BCUT2D eigenvalue weighted by Gasteiger charge is 2.07. The Morgan fingerprint density at radius 1 is 1.50 bits per heavy atom. The lowest BCUT2D eigenvalue weighted by molar-refractivity contribution is -0.120. The average molecular weight is 214 g/mol. The van der Waals surface area contributed by atoms with Crippen LogP contribution >= 0.6 is 11.3 Å². The first-order chi connectivity index (χ1) is 6.61. The molecule has 1 rings (SSSR count). The van der Waals surface area contributed by atoms with E-state index in [0.29, 0.717) is 10.7 Å². The van der Waals surface area contributed by atoms with E-state index in [9.17, 15) is 9.59 Å². The van der Waals surface area contributed by atoms with Crippen molar-refractivity contribution < 1.29 is 9.59 Å². The predicted molar refractivity (Wildman–Crippen MR) is 51.0 cm³/mol. The Labute approximate surface area is 84.3 Å². The number of hydrogen-bond donors (Lipinski definition) is 3. The molecule has 0 aliphatic carbocycles. The number of nitrogens with one attached hydrogen (secondary N) is 1. The summed E-state index contributed by atoms with van der Waals surface area (Å²) in [5, 5.41) is 2.31. The number of carbonyl (C=O) groups is 2. The zero-order valence-corrected chi connectivity index (χ0v) is 8.13. The van der Waals surface area contributed by atoms with Crippen molar-refractivity contribution in [3.8, 4) is 0 Å². The van der Waals surface area contributed by atoms with Crippen LogP contribution in [0.1, 0.15) is 10.7 Å². The molecule has 0 aromatic carbocycles. The van der Waals surface area contributed by atoms with Gasteiger partial charge in [-0.05, 0) is 0 Å². The summed E-state index contributed by atoms with van der Waals surface area (Å²) in [6, 6.07) is 0. The lowest BCUT2D eigenvalue weighted by Crippen LogP contribution is -2.31. The van der Waals surface area contributed by atoms with E-state index in [0.717, 1.165) is 0 Å². The summed E-state index contributed by atoms with van der Waals surface area (Å²) in [5.41, 5.74) is 7.58. The SMILES string of the molecule is NNC(=O)Cc1csc(CC(N)=O)n1.